The van der Waals surface area contributed by atoms with Crippen LogP contribution in [0.5, 0.6) is 0 Å². The number of carbonyl (C=O) groups is 2. The molecule has 0 spiro atoms. The van der Waals surface area contributed by atoms with Gasteiger partial charge >= 0.3 is 6.09 Å². The van der Waals surface area contributed by atoms with Crippen molar-refractivity contribution in [1.29, 1.82) is 0 Å². The Morgan fingerprint density at radius 2 is 1.97 bits per heavy atom. The number of rotatable bonds is 2. The summed E-state index contributed by atoms with van der Waals surface area (Å²) in [7, 11) is 0.607. The third kappa shape index (κ3) is 6.68. The maximum atomic E-state index is 13.0. The maximum absolute atomic E-state index is 13.0. The lowest BCUT2D eigenvalue weighted by Gasteiger charge is -2.36. The molecule has 0 N–H and O–H groups in total. The van der Waals surface area contributed by atoms with E-state index in [2.05, 4.69) is 9.88 Å². The standard InChI is InChI=1S/C22H34N4O3SSi/c1-22(2,3)29-21(28)25-12-13-31-15-26(17-8-6-5-7-9-17)19-16(10-11-18(25)27)14-23-20(24-19)30-4/h14,17H,5-13,15H2,1-4H3. The van der Waals surface area contributed by atoms with E-state index in [-0.39, 0.29) is 12.3 Å². The summed E-state index contributed by atoms with van der Waals surface area (Å²) in [6.07, 6.45) is 11.2. The van der Waals surface area contributed by atoms with Gasteiger partial charge in [0.2, 0.25) is 5.91 Å². The minimum absolute atomic E-state index is 0.190. The summed E-state index contributed by atoms with van der Waals surface area (Å²) < 4.78 is 5.49. The molecule has 1 saturated carbocycles. The Balaban J connectivity index is 1.86. The van der Waals surface area contributed by atoms with Crippen molar-refractivity contribution < 1.29 is 14.3 Å². The molecule has 0 bridgehead atoms. The van der Waals surface area contributed by atoms with E-state index in [9.17, 15) is 9.59 Å². The lowest BCUT2D eigenvalue weighted by atomic mass is 9.94. The predicted octanol–water partition coefficient (Wildman–Crippen LogP) is 4.13. The second-order valence-electron chi connectivity index (χ2n) is 9.15. The number of aryl methyl sites for hydroxylation is 1. The first-order valence-electron chi connectivity index (χ1n) is 11.2. The van der Waals surface area contributed by atoms with Crippen LogP contribution in [0.2, 0.25) is 6.04 Å². The van der Waals surface area contributed by atoms with Gasteiger partial charge in [-0.15, -0.1) is 0 Å². The van der Waals surface area contributed by atoms with Crippen molar-refractivity contribution in [3.8, 4) is 0 Å². The Morgan fingerprint density at radius 3 is 2.65 bits per heavy atom. The van der Waals surface area contributed by atoms with Gasteiger partial charge in [-0.3, -0.25) is 4.79 Å². The zero-order valence-electron chi connectivity index (χ0n) is 19.1. The van der Waals surface area contributed by atoms with Crippen LogP contribution in [0.25, 0.3) is 0 Å². The molecule has 2 aliphatic rings. The van der Waals surface area contributed by atoms with Crippen LogP contribution in [0.1, 0.15) is 64.9 Å². The van der Waals surface area contributed by atoms with Gasteiger partial charge in [0.25, 0.3) is 0 Å². The van der Waals surface area contributed by atoms with Gasteiger partial charge in [0.05, 0.1) is 9.52 Å². The fourth-order valence-corrected chi connectivity index (χ4v) is 5.60. The molecule has 0 atom stereocenters. The van der Waals surface area contributed by atoms with E-state index in [0.29, 0.717) is 28.5 Å². The number of hydrogen-bond donors (Lipinski definition) is 0. The first-order valence-corrected chi connectivity index (χ1v) is 13.8. The second kappa shape index (κ2) is 10.8. The second-order valence-corrected chi connectivity index (χ2v) is 11.2. The number of nitrogens with zero attached hydrogens (tertiary/aromatic N) is 4. The Labute approximate surface area is 192 Å². The van der Waals surface area contributed by atoms with Crippen molar-refractivity contribution in [3.05, 3.63) is 11.8 Å². The minimum Gasteiger partial charge on any atom is -0.443 e. The molecule has 1 aliphatic carbocycles. The molecule has 2 heterocycles. The largest absolute Gasteiger partial charge is 0.443 e. The fourth-order valence-electron chi connectivity index (χ4n) is 4.08. The van der Waals surface area contributed by atoms with E-state index in [0.717, 1.165) is 28.7 Å². The van der Waals surface area contributed by atoms with E-state index < -0.39 is 11.7 Å². The quantitative estimate of drug-likeness (QED) is 0.372. The predicted molar refractivity (Wildman–Crippen MR) is 125 cm³/mol. The Kier molecular flexibility index (Phi) is 8.38. The Bertz CT molecular complexity index is 781. The molecule has 1 aromatic heterocycles. The molecule has 9 heteroatoms. The molecule has 1 fully saturated rings. The molecule has 3 rings (SSSR count). The van der Waals surface area contributed by atoms with Crippen LogP contribution in [-0.4, -0.2) is 67.0 Å². The number of imide groups is 1. The summed E-state index contributed by atoms with van der Waals surface area (Å²) in [6, 6.07) is 1.27. The SMILES string of the molecule is CSc1ncc2c(n1)N(C1CCCCC1)C[Si]CCN(C(=O)OC(C)(C)C)C(=O)CC2. The van der Waals surface area contributed by atoms with Gasteiger partial charge in [-0.1, -0.05) is 31.0 Å². The highest BCUT2D eigenvalue weighted by atomic mass is 32.2. The van der Waals surface area contributed by atoms with Gasteiger partial charge < -0.3 is 9.64 Å². The molecule has 0 unspecified atom stereocenters. The number of aromatic nitrogens is 2. The van der Waals surface area contributed by atoms with Gasteiger partial charge in [-0.25, -0.2) is 19.7 Å². The number of fused-ring (bicyclic) bond motifs is 1. The van der Waals surface area contributed by atoms with Crippen molar-refractivity contribution in [3.63, 3.8) is 0 Å². The number of amides is 2. The van der Waals surface area contributed by atoms with Crippen LogP contribution in [-0.2, 0) is 16.0 Å². The number of thioether (sulfide) groups is 1. The molecule has 0 aromatic carbocycles. The van der Waals surface area contributed by atoms with E-state index >= 15 is 0 Å². The van der Waals surface area contributed by atoms with Crippen LogP contribution in [0.15, 0.2) is 11.4 Å². The molecule has 2 amide bonds. The monoisotopic (exact) mass is 462 g/mol. The van der Waals surface area contributed by atoms with Crippen LogP contribution in [0.3, 0.4) is 0 Å². The normalized spacial score (nSPS) is 19.5. The zero-order valence-corrected chi connectivity index (χ0v) is 21.0. The highest BCUT2D eigenvalue weighted by Crippen LogP contribution is 2.30. The molecule has 170 valence electrons. The molecule has 7 nitrogen and oxygen atoms in total. The molecule has 31 heavy (non-hydrogen) atoms. The summed E-state index contributed by atoms with van der Waals surface area (Å²) in [6.45, 7) is 5.87. The third-order valence-corrected chi connectivity index (χ3v) is 7.31. The first kappa shape index (κ1) is 24.0. The molecular formula is C22H34N4O3SSi. The summed E-state index contributed by atoms with van der Waals surface area (Å²) in [4.78, 5) is 38.8. The van der Waals surface area contributed by atoms with Crippen LogP contribution < -0.4 is 4.90 Å². The van der Waals surface area contributed by atoms with Crippen LogP contribution in [0, 0.1) is 0 Å². The van der Waals surface area contributed by atoms with Crippen molar-refractivity contribution in [1.82, 2.24) is 14.9 Å². The van der Waals surface area contributed by atoms with Crippen molar-refractivity contribution >= 4 is 39.1 Å². The Morgan fingerprint density at radius 1 is 1.23 bits per heavy atom. The number of hydrogen-bond acceptors (Lipinski definition) is 7. The van der Waals surface area contributed by atoms with Crippen molar-refractivity contribution in [2.45, 2.75) is 88.6 Å². The summed E-state index contributed by atoms with van der Waals surface area (Å²) in [5.74, 6) is 0.794. The molecule has 0 saturated heterocycles. The van der Waals surface area contributed by atoms with E-state index in [1.54, 1.807) is 11.8 Å². The average molecular weight is 463 g/mol. The van der Waals surface area contributed by atoms with Gasteiger partial charge in [0.15, 0.2) is 5.16 Å². The summed E-state index contributed by atoms with van der Waals surface area (Å²) >= 11 is 1.54. The molecular weight excluding hydrogens is 428 g/mol. The highest BCUT2D eigenvalue weighted by molar-refractivity contribution is 7.98. The summed E-state index contributed by atoms with van der Waals surface area (Å²) in [5.41, 5.74) is 0.366. The van der Waals surface area contributed by atoms with Gasteiger partial charge in [0, 0.05) is 36.9 Å². The van der Waals surface area contributed by atoms with Gasteiger partial charge in [0.1, 0.15) is 11.4 Å². The van der Waals surface area contributed by atoms with Gasteiger partial charge in [-0.2, -0.15) is 0 Å². The van der Waals surface area contributed by atoms with Crippen LogP contribution in [0.4, 0.5) is 10.6 Å². The first-order chi connectivity index (χ1) is 14.8. The highest BCUT2D eigenvalue weighted by Gasteiger charge is 2.30. The Hall–Kier alpha value is -1.61. The molecule has 1 aromatic rings. The lowest BCUT2D eigenvalue weighted by Crippen LogP contribution is -2.42. The van der Waals surface area contributed by atoms with E-state index in [1.807, 2.05) is 33.2 Å². The zero-order chi connectivity index (χ0) is 22.4. The third-order valence-electron chi connectivity index (χ3n) is 5.61. The summed E-state index contributed by atoms with van der Waals surface area (Å²) in [5, 5.41) is 0.763. The van der Waals surface area contributed by atoms with Crippen molar-refractivity contribution in [2.75, 3.05) is 23.9 Å². The molecule has 2 radical (unpaired) electrons. The smallest absolute Gasteiger partial charge is 0.417 e. The average Bonchev–Trinajstić information content (AvgIpc) is 2.76. The van der Waals surface area contributed by atoms with E-state index in [4.69, 9.17) is 9.72 Å². The number of ether oxygens (including phenoxy) is 1. The molecule has 1 aliphatic heterocycles. The van der Waals surface area contributed by atoms with E-state index in [1.165, 1.54) is 37.0 Å². The fraction of sp³-hybridized carbons (Fsp3) is 0.727. The van der Waals surface area contributed by atoms with Crippen molar-refractivity contribution in [2.24, 2.45) is 0 Å². The number of carbonyl (C=O) groups excluding carboxylic acids is 2. The minimum atomic E-state index is -0.627. The maximum Gasteiger partial charge on any atom is 0.417 e. The van der Waals surface area contributed by atoms with Gasteiger partial charge in [-0.05, 0) is 52.3 Å². The van der Waals surface area contributed by atoms with Crippen LogP contribution >= 0.6 is 11.8 Å². The number of anilines is 1. The topological polar surface area (TPSA) is 75.6 Å². The lowest BCUT2D eigenvalue weighted by molar-refractivity contribution is -0.130.